The first-order chi connectivity index (χ1) is 19.7. The number of carbonyl (C=O) groups excluding carboxylic acids is 2. The highest BCUT2D eigenvalue weighted by molar-refractivity contribution is 6.08. The highest BCUT2D eigenvalue weighted by Gasteiger charge is 2.60. The van der Waals surface area contributed by atoms with Crippen LogP contribution in [0.3, 0.4) is 0 Å². The summed E-state index contributed by atoms with van der Waals surface area (Å²) >= 11 is 0. The number of pyridine rings is 1. The van der Waals surface area contributed by atoms with E-state index in [9.17, 15) is 9.59 Å². The van der Waals surface area contributed by atoms with Crippen molar-refractivity contribution >= 4 is 23.2 Å². The number of rotatable bonds is 7. The number of nitrogens with one attached hydrogen (secondary N) is 1. The number of amides is 1. The number of fused-ring (bicyclic) bond motifs is 3. The van der Waals surface area contributed by atoms with Gasteiger partial charge in [-0.3, -0.25) is 19.6 Å². The number of aromatic nitrogens is 3. The van der Waals surface area contributed by atoms with Gasteiger partial charge < -0.3 is 15.8 Å². The van der Waals surface area contributed by atoms with E-state index >= 15 is 0 Å². The fourth-order valence-corrected chi connectivity index (χ4v) is 7.19. The zero-order valence-corrected chi connectivity index (χ0v) is 23.4. The van der Waals surface area contributed by atoms with Gasteiger partial charge in [0.2, 0.25) is 5.91 Å². The SMILES string of the molecule is Cc1ccnc(CC(=O)c2ccc(C3N=C(C45CCC(NC(=O)C6(C)COC6)(CC4)C5)c4ncnc(N)c43)cc2)c1. The summed E-state index contributed by atoms with van der Waals surface area (Å²) in [6, 6.07) is 11.1. The lowest BCUT2D eigenvalue weighted by Crippen LogP contribution is -2.57. The van der Waals surface area contributed by atoms with Gasteiger partial charge >= 0.3 is 0 Å². The third-order valence-corrected chi connectivity index (χ3v) is 9.64. The third kappa shape index (κ3) is 4.25. The number of anilines is 1. The molecule has 1 unspecified atom stereocenters. The number of hydrogen-bond donors (Lipinski definition) is 2. The molecule has 0 spiro atoms. The molecule has 9 nitrogen and oxygen atoms in total. The molecule has 2 aliphatic carbocycles. The molecule has 2 bridgehead atoms. The van der Waals surface area contributed by atoms with Crippen molar-refractivity contribution in [3.8, 4) is 0 Å². The first kappa shape index (κ1) is 26.0. The molecular weight excluding hydrogens is 516 g/mol. The molecule has 2 saturated carbocycles. The molecule has 1 atom stereocenters. The molecular formula is C32H34N6O3. The van der Waals surface area contributed by atoms with E-state index in [1.165, 1.54) is 6.33 Å². The minimum Gasteiger partial charge on any atom is -0.383 e. The number of ether oxygens (including phenoxy) is 1. The molecule has 4 aliphatic rings. The average molecular weight is 551 g/mol. The van der Waals surface area contributed by atoms with Crippen LogP contribution in [0.15, 0.2) is 53.9 Å². The number of nitrogens with two attached hydrogens (primary N) is 1. The van der Waals surface area contributed by atoms with Crippen LogP contribution in [0.2, 0.25) is 0 Å². The monoisotopic (exact) mass is 550 g/mol. The number of aliphatic imine (C=N–C) groups is 1. The molecule has 9 heteroatoms. The van der Waals surface area contributed by atoms with Crippen molar-refractivity contribution < 1.29 is 14.3 Å². The van der Waals surface area contributed by atoms with Crippen LogP contribution in [-0.4, -0.2) is 51.1 Å². The Hall–Kier alpha value is -3.98. The number of nitrogen functional groups attached to an aromatic ring is 1. The smallest absolute Gasteiger partial charge is 0.231 e. The minimum atomic E-state index is -0.434. The summed E-state index contributed by atoms with van der Waals surface area (Å²) in [5.74, 6) is 0.534. The molecule has 2 aliphatic heterocycles. The van der Waals surface area contributed by atoms with Gasteiger partial charge in [-0.1, -0.05) is 24.3 Å². The summed E-state index contributed by atoms with van der Waals surface area (Å²) in [5, 5.41) is 3.42. The molecule has 0 radical (unpaired) electrons. The number of carbonyl (C=O) groups is 2. The van der Waals surface area contributed by atoms with Gasteiger partial charge in [-0.15, -0.1) is 0 Å². The summed E-state index contributed by atoms with van der Waals surface area (Å²) in [4.78, 5) is 44.7. The zero-order chi connectivity index (χ0) is 28.4. The third-order valence-electron chi connectivity index (χ3n) is 9.64. The van der Waals surface area contributed by atoms with Crippen molar-refractivity contribution in [2.75, 3.05) is 18.9 Å². The van der Waals surface area contributed by atoms with Gasteiger partial charge in [-0.2, -0.15) is 0 Å². The van der Waals surface area contributed by atoms with E-state index in [0.717, 1.165) is 65.9 Å². The lowest BCUT2D eigenvalue weighted by molar-refractivity contribution is -0.159. The van der Waals surface area contributed by atoms with Crippen LogP contribution in [0.5, 0.6) is 0 Å². The van der Waals surface area contributed by atoms with Crippen LogP contribution in [-0.2, 0) is 16.0 Å². The normalized spacial score (nSPS) is 27.2. The Bertz CT molecular complexity index is 1590. The summed E-state index contributed by atoms with van der Waals surface area (Å²) in [6.07, 6.45) is 8.06. The van der Waals surface area contributed by atoms with Crippen LogP contribution < -0.4 is 11.1 Å². The molecule has 4 heterocycles. The van der Waals surface area contributed by atoms with Gasteiger partial charge in [-0.05, 0) is 69.2 Å². The number of ketones is 1. The van der Waals surface area contributed by atoms with Crippen LogP contribution in [0.25, 0.3) is 0 Å². The highest BCUT2D eigenvalue weighted by atomic mass is 16.5. The van der Waals surface area contributed by atoms with E-state index in [0.29, 0.717) is 24.6 Å². The number of aryl methyl sites for hydroxylation is 1. The lowest BCUT2D eigenvalue weighted by Gasteiger charge is -2.40. The van der Waals surface area contributed by atoms with Gasteiger partial charge in [0.05, 0.1) is 42.0 Å². The summed E-state index contributed by atoms with van der Waals surface area (Å²) in [5.41, 5.74) is 11.7. The van der Waals surface area contributed by atoms with Gasteiger partial charge in [0.15, 0.2) is 5.78 Å². The molecule has 1 aromatic carbocycles. The minimum absolute atomic E-state index is 0.0185. The van der Waals surface area contributed by atoms with Crippen LogP contribution in [0.4, 0.5) is 5.82 Å². The van der Waals surface area contributed by atoms with Crippen molar-refractivity contribution in [3.05, 3.63) is 82.6 Å². The lowest BCUT2D eigenvalue weighted by atomic mass is 9.78. The van der Waals surface area contributed by atoms with Crippen LogP contribution in [0.1, 0.15) is 83.5 Å². The molecule has 41 heavy (non-hydrogen) atoms. The molecule has 3 aromatic rings. The Morgan fingerprint density at radius 2 is 1.80 bits per heavy atom. The maximum absolute atomic E-state index is 13.1. The van der Waals surface area contributed by atoms with Crippen LogP contribution >= 0.6 is 0 Å². The first-order valence-corrected chi connectivity index (χ1v) is 14.3. The van der Waals surface area contributed by atoms with E-state index in [-0.39, 0.29) is 35.1 Å². The Morgan fingerprint density at radius 3 is 2.49 bits per heavy atom. The molecule has 210 valence electrons. The Labute approximate surface area is 239 Å². The van der Waals surface area contributed by atoms with Crippen molar-refractivity contribution in [1.29, 1.82) is 0 Å². The molecule has 7 rings (SSSR count). The number of benzene rings is 1. The predicted octanol–water partition coefficient (Wildman–Crippen LogP) is 3.94. The van der Waals surface area contributed by atoms with Gasteiger partial charge in [-0.25, -0.2) is 9.97 Å². The highest BCUT2D eigenvalue weighted by Crippen LogP contribution is 2.60. The zero-order valence-electron chi connectivity index (χ0n) is 23.4. The van der Waals surface area contributed by atoms with E-state index in [1.54, 1.807) is 6.20 Å². The Kier molecular flexibility index (Phi) is 5.87. The fourth-order valence-electron chi connectivity index (χ4n) is 7.19. The Balaban J connectivity index is 1.15. The summed E-state index contributed by atoms with van der Waals surface area (Å²) < 4.78 is 5.33. The quantitative estimate of drug-likeness (QED) is 0.426. The van der Waals surface area contributed by atoms with E-state index in [2.05, 4.69) is 15.3 Å². The van der Waals surface area contributed by atoms with Crippen molar-refractivity contribution in [2.45, 2.75) is 64.0 Å². The molecule has 3 fully saturated rings. The number of Topliss-reactive ketones (excluding diaryl/α,β-unsaturated/α-hetero) is 1. The second-order valence-corrected chi connectivity index (χ2v) is 12.7. The predicted molar refractivity (Wildman–Crippen MR) is 154 cm³/mol. The Morgan fingerprint density at radius 1 is 1.05 bits per heavy atom. The second-order valence-electron chi connectivity index (χ2n) is 12.7. The maximum atomic E-state index is 13.1. The first-order valence-electron chi connectivity index (χ1n) is 14.3. The van der Waals surface area contributed by atoms with E-state index in [1.807, 2.05) is 50.2 Å². The average Bonchev–Trinajstić information content (AvgIpc) is 3.63. The van der Waals surface area contributed by atoms with E-state index < -0.39 is 5.41 Å². The van der Waals surface area contributed by atoms with Crippen molar-refractivity contribution in [3.63, 3.8) is 0 Å². The summed E-state index contributed by atoms with van der Waals surface area (Å²) in [6.45, 7) is 4.92. The van der Waals surface area contributed by atoms with Gasteiger partial charge in [0.25, 0.3) is 0 Å². The van der Waals surface area contributed by atoms with Gasteiger partial charge in [0.1, 0.15) is 18.2 Å². The second kappa shape index (κ2) is 9.27. The molecule has 2 aromatic heterocycles. The topological polar surface area (TPSA) is 132 Å². The van der Waals surface area contributed by atoms with E-state index in [4.69, 9.17) is 20.4 Å². The van der Waals surface area contributed by atoms with Crippen LogP contribution in [0, 0.1) is 17.8 Å². The van der Waals surface area contributed by atoms with Gasteiger partial charge in [0, 0.05) is 28.4 Å². The fraction of sp³-hybridized carbons (Fsp3) is 0.438. The molecule has 1 saturated heterocycles. The molecule has 3 N–H and O–H groups in total. The maximum Gasteiger partial charge on any atom is 0.231 e. The number of hydrogen-bond acceptors (Lipinski definition) is 8. The molecule has 1 amide bonds. The summed E-state index contributed by atoms with van der Waals surface area (Å²) in [7, 11) is 0. The standard InChI is InChI=1S/C32H34N6O3/c1-19-7-12-34-22(13-19)14-23(39)20-3-5-21(6-4-20)25-24-26(35-18-36-28(24)33)27(37-25)31-8-10-32(15-31,11-9-31)38-29(40)30(2)16-41-17-30/h3-7,12-13,18,25H,8-11,14-17H2,1-2H3,(H,38,40)(H2,33,35,36). The van der Waals surface area contributed by atoms with Crippen molar-refractivity contribution in [1.82, 2.24) is 20.3 Å². The largest absolute Gasteiger partial charge is 0.383 e. The number of nitrogens with zero attached hydrogens (tertiary/aromatic N) is 4. The van der Waals surface area contributed by atoms with Crippen molar-refractivity contribution in [2.24, 2.45) is 15.8 Å².